The van der Waals surface area contributed by atoms with Gasteiger partial charge < -0.3 is 50.5 Å². The van der Waals surface area contributed by atoms with Crippen LogP contribution >= 0.6 is 11.6 Å². The highest BCUT2D eigenvalue weighted by molar-refractivity contribution is 6.31. The van der Waals surface area contributed by atoms with Crippen LogP contribution in [0.15, 0.2) is 84.9 Å². The number of hydrogen-bond acceptors (Lipinski definition) is 10. The molecule has 5 rings (SSSR count). The van der Waals surface area contributed by atoms with E-state index < -0.39 is 54.0 Å². The van der Waals surface area contributed by atoms with Crippen LogP contribution in [0.5, 0.6) is 0 Å². The highest BCUT2D eigenvalue weighted by atomic mass is 35.5. The van der Waals surface area contributed by atoms with Crippen molar-refractivity contribution in [1.29, 1.82) is 0 Å². The molecule has 13 nitrogen and oxygen atoms in total. The molecule has 2 aliphatic rings. The number of amides is 3. The van der Waals surface area contributed by atoms with Crippen LogP contribution in [0, 0.1) is 5.92 Å². The van der Waals surface area contributed by atoms with Crippen molar-refractivity contribution in [3.05, 3.63) is 107 Å². The van der Waals surface area contributed by atoms with Crippen molar-refractivity contribution >= 4 is 40.7 Å². The molecule has 7 atom stereocenters. The summed E-state index contributed by atoms with van der Waals surface area (Å²) in [6.45, 7) is 1.92. The summed E-state index contributed by atoms with van der Waals surface area (Å²) in [7, 11) is 0. The number of aliphatic hydroxyl groups excluding tert-OH is 5. The van der Waals surface area contributed by atoms with Gasteiger partial charge in [-0.05, 0) is 41.5 Å². The Hall–Kier alpha value is -4.18. The molecule has 0 unspecified atom stereocenters. The number of nitrogens with one attached hydrogen (secondary N) is 1. The van der Waals surface area contributed by atoms with Crippen LogP contribution in [0.1, 0.15) is 30.0 Å². The Morgan fingerprint density at radius 1 is 1.00 bits per heavy atom. The van der Waals surface area contributed by atoms with Crippen molar-refractivity contribution in [2.45, 2.75) is 62.7 Å². The highest BCUT2D eigenvalue weighted by Gasteiger charge is 2.52. The third kappa shape index (κ3) is 7.75. The molecule has 0 spiro atoms. The van der Waals surface area contributed by atoms with E-state index in [4.69, 9.17) is 16.3 Å². The number of fused-ring (bicyclic) bond motifs is 1. The lowest BCUT2D eigenvalue weighted by Gasteiger charge is -2.37. The molecule has 1 fully saturated rings. The molecule has 2 aliphatic heterocycles. The zero-order valence-corrected chi connectivity index (χ0v) is 27.9. The zero-order valence-electron chi connectivity index (χ0n) is 27.2. The van der Waals surface area contributed by atoms with E-state index in [1.54, 1.807) is 55.5 Å². The van der Waals surface area contributed by atoms with E-state index in [2.05, 4.69) is 5.32 Å². The first kappa shape index (κ1) is 37.1. The van der Waals surface area contributed by atoms with Gasteiger partial charge in [0, 0.05) is 41.7 Å². The van der Waals surface area contributed by atoms with Crippen LogP contribution in [-0.4, -0.2) is 97.1 Å². The summed E-state index contributed by atoms with van der Waals surface area (Å²) < 4.78 is 5.00. The number of rotatable bonds is 12. The van der Waals surface area contributed by atoms with E-state index in [9.17, 15) is 45.0 Å². The van der Waals surface area contributed by atoms with Crippen LogP contribution in [0.25, 0.3) is 0 Å². The van der Waals surface area contributed by atoms with Gasteiger partial charge in [-0.3, -0.25) is 14.4 Å². The predicted octanol–water partition coefficient (Wildman–Crippen LogP) is 1.42. The van der Waals surface area contributed by atoms with Gasteiger partial charge in [0.1, 0.15) is 18.3 Å². The fraction of sp³-hybridized carbons (Fsp3) is 0.361. The number of anilines is 2. The predicted molar refractivity (Wildman–Crippen MR) is 182 cm³/mol. The summed E-state index contributed by atoms with van der Waals surface area (Å²) >= 11 is 6.31. The molecule has 1 saturated heterocycles. The first-order chi connectivity index (χ1) is 23.8. The Morgan fingerprint density at radius 2 is 1.72 bits per heavy atom. The topological polar surface area (TPSA) is 200 Å². The molecule has 0 saturated carbocycles. The Kier molecular flexibility index (Phi) is 11.7. The SMILES string of the molecule is C[C@H](/C=C/CC(=O)N(CCO)Cc1ccccc1)[C@@]1(O)C(=O)N(Cc2cccc(NC(=O)[C@H]3O[C@@H](O)[C@H](O)[C@@H](O)[C@@H]3O)c2)c2ccc(Cl)cc21. The molecule has 3 amide bonds. The maximum atomic E-state index is 14.0. The first-order valence-corrected chi connectivity index (χ1v) is 16.4. The van der Waals surface area contributed by atoms with E-state index in [1.165, 1.54) is 15.9 Å². The summed E-state index contributed by atoms with van der Waals surface area (Å²) in [4.78, 5) is 42.9. The molecular formula is C36H40ClN3O10. The smallest absolute Gasteiger partial charge is 0.264 e. The average molecular weight is 710 g/mol. The van der Waals surface area contributed by atoms with Gasteiger partial charge >= 0.3 is 0 Å². The number of benzene rings is 3. The second-order valence-corrected chi connectivity index (χ2v) is 12.8. The monoisotopic (exact) mass is 709 g/mol. The van der Waals surface area contributed by atoms with Gasteiger partial charge in [-0.15, -0.1) is 0 Å². The minimum Gasteiger partial charge on any atom is -0.395 e. The molecule has 3 aromatic carbocycles. The summed E-state index contributed by atoms with van der Waals surface area (Å²) in [5, 5.41) is 64.1. The fourth-order valence-corrected chi connectivity index (χ4v) is 6.33. The third-order valence-electron chi connectivity index (χ3n) is 8.93. The standard InChI is InChI=1S/C36H40ClN3O10/c1-21(7-5-12-28(42)39(15-16-41)19-22-8-3-2-4-9-22)36(49)26-18-24(37)13-14-27(26)40(35(36)48)20-23-10-6-11-25(17-23)38-33(46)32-30(44)29(43)31(45)34(47)50-32/h2-11,13-14,17-18,21,29-32,34,41,43-45,47,49H,12,15-16,19-20H2,1H3,(H,38,46)/b7-5+/t21-,29+,30+,31-,32+,34-,36+/m1/s1. The Balaban J connectivity index is 1.30. The largest absolute Gasteiger partial charge is 0.395 e. The minimum absolute atomic E-state index is 0.0177. The second-order valence-electron chi connectivity index (χ2n) is 12.4. The van der Waals surface area contributed by atoms with Crippen LogP contribution in [-0.2, 0) is 37.8 Å². The van der Waals surface area contributed by atoms with Crippen LogP contribution in [0.2, 0.25) is 5.02 Å². The normalized spacial score (nSPS) is 25.4. The summed E-state index contributed by atoms with van der Waals surface area (Å²) in [6, 6.07) is 20.6. The van der Waals surface area contributed by atoms with Gasteiger partial charge in [-0.2, -0.15) is 0 Å². The van der Waals surface area contributed by atoms with Crippen molar-refractivity contribution < 1.29 is 49.8 Å². The van der Waals surface area contributed by atoms with Crippen molar-refractivity contribution in [1.82, 2.24) is 4.90 Å². The van der Waals surface area contributed by atoms with Crippen LogP contribution in [0.3, 0.4) is 0 Å². The minimum atomic E-state index is -2.03. The van der Waals surface area contributed by atoms with Crippen molar-refractivity contribution in [2.24, 2.45) is 5.92 Å². The number of aliphatic hydroxyl groups is 6. The maximum absolute atomic E-state index is 14.0. The molecule has 0 aromatic heterocycles. The van der Waals surface area contributed by atoms with E-state index in [1.807, 2.05) is 30.3 Å². The molecule has 0 radical (unpaired) electrons. The van der Waals surface area contributed by atoms with Gasteiger partial charge in [0.25, 0.3) is 11.8 Å². The molecule has 0 bridgehead atoms. The Labute approximate surface area is 293 Å². The molecular weight excluding hydrogens is 670 g/mol. The number of halogens is 1. The molecule has 2 heterocycles. The molecule has 266 valence electrons. The molecule has 7 N–H and O–H groups in total. The van der Waals surface area contributed by atoms with Gasteiger partial charge in [0.05, 0.1) is 18.8 Å². The number of hydrogen-bond donors (Lipinski definition) is 7. The van der Waals surface area contributed by atoms with E-state index in [0.717, 1.165) is 5.56 Å². The zero-order chi connectivity index (χ0) is 36.2. The van der Waals surface area contributed by atoms with E-state index >= 15 is 0 Å². The summed E-state index contributed by atoms with van der Waals surface area (Å²) in [5.41, 5.74) is 0.400. The van der Waals surface area contributed by atoms with Crippen LogP contribution in [0.4, 0.5) is 11.4 Å². The molecule has 50 heavy (non-hydrogen) atoms. The number of carbonyl (C=O) groups is 3. The van der Waals surface area contributed by atoms with Crippen molar-refractivity contribution in [2.75, 3.05) is 23.4 Å². The molecule has 3 aromatic rings. The summed E-state index contributed by atoms with van der Waals surface area (Å²) in [6.07, 6.45) is -5.79. The Bertz CT molecular complexity index is 1730. The van der Waals surface area contributed by atoms with Gasteiger partial charge in [-0.1, -0.05) is 73.1 Å². The molecule has 14 heteroatoms. The lowest BCUT2D eigenvalue weighted by atomic mass is 9.83. The molecule has 0 aliphatic carbocycles. The number of carbonyl (C=O) groups excluding carboxylic acids is 3. The van der Waals surface area contributed by atoms with Crippen molar-refractivity contribution in [3.63, 3.8) is 0 Å². The van der Waals surface area contributed by atoms with Gasteiger partial charge in [0.15, 0.2) is 18.0 Å². The van der Waals surface area contributed by atoms with Gasteiger partial charge in [0.2, 0.25) is 5.91 Å². The number of nitrogens with zero attached hydrogens (tertiary/aromatic N) is 2. The van der Waals surface area contributed by atoms with E-state index in [0.29, 0.717) is 22.8 Å². The third-order valence-corrected chi connectivity index (χ3v) is 9.16. The summed E-state index contributed by atoms with van der Waals surface area (Å²) in [5.74, 6) is -2.53. The first-order valence-electron chi connectivity index (χ1n) is 16.1. The lowest BCUT2D eigenvalue weighted by Crippen LogP contribution is -2.60. The second kappa shape index (κ2) is 15.8. The maximum Gasteiger partial charge on any atom is 0.264 e. The van der Waals surface area contributed by atoms with Crippen LogP contribution < -0.4 is 10.2 Å². The lowest BCUT2D eigenvalue weighted by molar-refractivity contribution is -0.274. The van der Waals surface area contributed by atoms with E-state index in [-0.39, 0.29) is 43.3 Å². The quantitative estimate of drug-likeness (QED) is 0.135. The number of ether oxygens (including phenoxy) is 1. The highest BCUT2D eigenvalue weighted by Crippen LogP contribution is 2.46. The average Bonchev–Trinajstić information content (AvgIpc) is 3.31. The van der Waals surface area contributed by atoms with Gasteiger partial charge in [-0.25, -0.2) is 0 Å². The van der Waals surface area contributed by atoms with Crippen molar-refractivity contribution in [3.8, 4) is 0 Å². The Morgan fingerprint density at radius 3 is 2.44 bits per heavy atom. The fourth-order valence-electron chi connectivity index (χ4n) is 6.16.